The van der Waals surface area contributed by atoms with Gasteiger partial charge in [0.2, 0.25) is 12.3 Å². The number of ether oxygens (including phenoxy) is 2. The first-order valence-electron chi connectivity index (χ1n) is 11.6. The van der Waals surface area contributed by atoms with E-state index in [1.807, 2.05) is 60.7 Å². The number of benzene rings is 4. The van der Waals surface area contributed by atoms with E-state index in [9.17, 15) is 9.18 Å². The summed E-state index contributed by atoms with van der Waals surface area (Å²) < 4.78 is 24.2. The van der Waals surface area contributed by atoms with E-state index in [-0.39, 0.29) is 12.0 Å². The molecule has 4 rings (SSSR count). The molecule has 0 bridgehead atoms. The van der Waals surface area contributed by atoms with Gasteiger partial charge in [-0.15, -0.1) is 0 Å². The highest BCUT2D eigenvalue weighted by Gasteiger charge is 2.03. The van der Waals surface area contributed by atoms with Gasteiger partial charge in [0.25, 0.3) is 0 Å². The quantitative estimate of drug-likeness (QED) is 0.243. The van der Waals surface area contributed by atoms with E-state index in [0.717, 1.165) is 24.0 Å². The molecule has 7 heteroatoms. The Labute approximate surface area is 216 Å². The highest BCUT2D eigenvalue weighted by atomic mass is 19.1. The lowest BCUT2D eigenvalue weighted by Gasteiger charge is -2.07. The molecular weight excluding hydrogens is 471 g/mol. The minimum absolute atomic E-state index is 0.202. The van der Waals surface area contributed by atoms with Crippen LogP contribution < -0.4 is 16.2 Å². The number of carbonyl (C=O) groups excluding carboxylic acids is 2. The van der Waals surface area contributed by atoms with Crippen LogP contribution in [-0.2, 0) is 22.6 Å². The van der Waals surface area contributed by atoms with Gasteiger partial charge in [0, 0.05) is 5.56 Å². The second-order valence-corrected chi connectivity index (χ2v) is 7.81. The van der Waals surface area contributed by atoms with Crippen molar-refractivity contribution in [2.45, 2.75) is 20.0 Å². The zero-order valence-corrected chi connectivity index (χ0v) is 20.7. The lowest BCUT2D eigenvalue weighted by molar-refractivity contribution is -0.106. The van der Waals surface area contributed by atoms with Gasteiger partial charge in [0.05, 0.1) is 13.2 Å². The number of amides is 2. The topological polar surface area (TPSA) is 105 Å². The number of primary amides is 2. The number of halogens is 1. The van der Waals surface area contributed by atoms with Crippen molar-refractivity contribution in [1.29, 1.82) is 0 Å². The summed E-state index contributed by atoms with van der Waals surface area (Å²) in [4.78, 5) is 19.1. The number of rotatable bonds is 8. The first-order valence-corrected chi connectivity index (χ1v) is 11.6. The summed E-state index contributed by atoms with van der Waals surface area (Å²) in [5.41, 5.74) is 12.3. The highest BCUT2D eigenvalue weighted by Crippen LogP contribution is 2.21. The number of nitrogens with two attached hydrogens (primary N) is 2. The molecule has 4 aromatic carbocycles. The molecule has 0 unspecified atom stereocenters. The third kappa shape index (κ3) is 11.2. The molecule has 192 valence electrons. The summed E-state index contributed by atoms with van der Waals surface area (Å²) in [6, 6.07) is 32.4. The maximum atomic E-state index is 12.7. The van der Waals surface area contributed by atoms with Gasteiger partial charge in [-0.2, -0.15) is 0 Å². The Morgan fingerprint density at radius 1 is 0.838 bits per heavy atom. The summed E-state index contributed by atoms with van der Waals surface area (Å²) in [5, 5.41) is 0. The third-order valence-electron chi connectivity index (χ3n) is 5.01. The van der Waals surface area contributed by atoms with Crippen LogP contribution in [0.3, 0.4) is 0 Å². The van der Waals surface area contributed by atoms with Crippen molar-refractivity contribution < 1.29 is 23.5 Å². The maximum Gasteiger partial charge on any atom is 0.248 e. The monoisotopic (exact) mass is 502 g/mol. The van der Waals surface area contributed by atoms with Crippen LogP contribution in [0.15, 0.2) is 103 Å². The molecule has 37 heavy (non-hydrogen) atoms. The lowest BCUT2D eigenvalue weighted by Crippen LogP contribution is -2.11. The standard InChI is InChI=1S/C21H20O2.C8H8FNO.CH3NO/c1-3-7-19(8-4-1)17-22-16-15-18-11-13-21(14-12-18)23-20-9-5-2-6-10-20;1-5-2-3-6(8(10)11)4-7(5)9;2-1-3/h1-14H,15-17H2;2-4H,1H3,(H2,10,11);1H,(H2,2,3). The fourth-order valence-corrected chi connectivity index (χ4v) is 3.05. The highest BCUT2D eigenvalue weighted by molar-refractivity contribution is 5.92. The molecule has 0 spiro atoms. The third-order valence-corrected chi connectivity index (χ3v) is 5.01. The van der Waals surface area contributed by atoms with Crippen molar-refractivity contribution >= 4 is 12.3 Å². The Hall–Kier alpha value is -4.49. The van der Waals surface area contributed by atoms with Gasteiger partial charge in [-0.25, -0.2) is 4.39 Å². The van der Waals surface area contributed by atoms with Crippen molar-refractivity contribution in [2.75, 3.05) is 6.61 Å². The van der Waals surface area contributed by atoms with Gasteiger partial charge in [0.1, 0.15) is 17.3 Å². The zero-order valence-electron chi connectivity index (χ0n) is 20.7. The molecular formula is C30H31FN2O4. The van der Waals surface area contributed by atoms with Gasteiger partial charge in [-0.1, -0.05) is 66.7 Å². The summed E-state index contributed by atoms with van der Waals surface area (Å²) >= 11 is 0. The average Bonchev–Trinajstić information content (AvgIpc) is 2.91. The van der Waals surface area contributed by atoms with E-state index in [1.165, 1.54) is 23.3 Å². The molecule has 0 saturated heterocycles. The largest absolute Gasteiger partial charge is 0.457 e. The zero-order chi connectivity index (χ0) is 26.9. The fraction of sp³-hybridized carbons (Fsp3) is 0.133. The van der Waals surface area contributed by atoms with Crippen LogP contribution in [0.1, 0.15) is 27.0 Å². The number of carbonyl (C=O) groups is 2. The molecule has 0 saturated carbocycles. The summed E-state index contributed by atoms with van der Waals surface area (Å²) in [6.07, 6.45) is 1.15. The normalized spacial score (nSPS) is 9.68. The lowest BCUT2D eigenvalue weighted by atomic mass is 10.1. The van der Waals surface area contributed by atoms with E-state index >= 15 is 0 Å². The predicted molar refractivity (Wildman–Crippen MR) is 143 cm³/mol. The van der Waals surface area contributed by atoms with Crippen molar-refractivity contribution in [3.63, 3.8) is 0 Å². The van der Waals surface area contributed by atoms with Crippen molar-refractivity contribution in [2.24, 2.45) is 11.5 Å². The first kappa shape index (κ1) is 28.7. The second kappa shape index (κ2) is 16.2. The number of hydrogen-bond donors (Lipinski definition) is 2. The molecule has 0 atom stereocenters. The van der Waals surface area contributed by atoms with Crippen LogP contribution in [0.4, 0.5) is 4.39 Å². The number of para-hydroxylation sites is 1. The maximum absolute atomic E-state index is 12.7. The van der Waals surface area contributed by atoms with Crippen LogP contribution in [0.5, 0.6) is 11.5 Å². The molecule has 0 aromatic heterocycles. The Bertz CT molecular complexity index is 1220. The van der Waals surface area contributed by atoms with Gasteiger partial charge in [-0.3, -0.25) is 9.59 Å². The SMILES string of the molecule is Cc1ccc(C(N)=O)cc1F.NC=O.c1ccc(COCCc2ccc(Oc3ccccc3)cc2)cc1. The molecule has 4 N–H and O–H groups in total. The summed E-state index contributed by atoms with van der Waals surface area (Å²) in [6.45, 7) is 3.00. The van der Waals surface area contributed by atoms with Gasteiger partial charge in [-0.05, 0) is 66.4 Å². The van der Waals surface area contributed by atoms with Crippen LogP contribution >= 0.6 is 0 Å². The molecule has 4 aromatic rings. The van der Waals surface area contributed by atoms with Crippen molar-refractivity contribution in [1.82, 2.24) is 0 Å². The minimum Gasteiger partial charge on any atom is -0.457 e. The summed E-state index contributed by atoms with van der Waals surface area (Å²) in [5.74, 6) is 0.696. The van der Waals surface area contributed by atoms with Crippen molar-refractivity contribution in [3.05, 3.63) is 131 Å². The van der Waals surface area contributed by atoms with E-state index in [2.05, 4.69) is 30.0 Å². The second-order valence-electron chi connectivity index (χ2n) is 7.81. The van der Waals surface area contributed by atoms with Gasteiger partial charge >= 0.3 is 0 Å². The smallest absolute Gasteiger partial charge is 0.248 e. The van der Waals surface area contributed by atoms with E-state index < -0.39 is 11.7 Å². The van der Waals surface area contributed by atoms with Crippen LogP contribution in [0.25, 0.3) is 0 Å². The fourth-order valence-electron chi connectivity index (χ4n) is 3.05. The van der Waals surface area contributed by atoms with E-state index in [4.69, 9.17) is 20.0 Å². The van der Waals surface area contributed by atoms with Gasteiger partial charge in [0.15, 0.2) is 0 Å². The Kier molecular flexibility index (Phi) is 12.6. The van der Waals surface area contributed by atoms with Crippen LogP contribution in [0.2, 0.25) is 0 Å². The average molecular weight is 503 g/mol. The molecule has 0 fully saturated rings. The molecule has 0 aliphatic carbocycles. The number of hydrogen-bond acceptors (Lipinski definition) is 4. The van der Waals surface area contributed by atoms with E-state index in [0.29, 0.717) is 18.8 Å². The summed E-state index contributed by atoms with van der Waals surface area (Å²) in [7, 11) is 0. The molecule has 0 aliphatic rings. The minimum atomic E-state index is -0.608. The molecule has 6 nitrogen and oxygen atoms in total. The first-order chi connectivity index (χ1) is 17.9. The van der Waals surface area contributed by atoms with E-state index in [1.54, 1.807) is 6.92 Å². The van der Waals surface area contributed by atoms with Crippen molar-refractivity contribution in [3.8, 4) is 11.5 Å². The van der Waals surface area contributed by atoms with Crippen LogP contribution in [0, 0.1) is 12.7 Å². The Balaban J connectivity index is 0.000000287. The molecule has 0 radical (unpaired) electrons. The predicted octanol–water partition coefficient (Wildman–Crippen LogP) is 5.57. The Morgan fingerprint density at radius 3 is 1.97 bits per heavy atom. The van der Waals surface area contributed by atoms with Crippen LogP contribution in [-0.4, -0.2) is 18.9 Å². The number of aryl methyl sites for hydroxylation is 1. The Morgan fingerprint density at radius 2 is 1.41 bits per heavy atom. The molecule has 0 heterocycles. The molecule has 0 aliphatic heterocycles. The molecule has 2 amide bonds. The van der Waals surface area contributed by atoms with Gasteiger partial charge < -0.3 is 20.9 Å².